The van der Waals surface area contributed by atoms with Crippen LogP contribution in [0.15, 0.2) is 72.4 Å². The van der Waals surface area contributed by atoms with Crippen molar-refractivity contribution in [1.82, 2.24) is 0 Å². The van der Waals surface area contributed by atoms with E-state index in [9.17, 15) is 15.0 Å². The standard InChI is InChI=1S/C30H32O9/c1-34-24-9-6-18(13-26(24)35-2)29-20-15-38-30(21(20)16-37-29)19-7-10-25(27(14-19)36-3)39-28(33)11-5-17-4-8-22(31)23(32)12-17/h4-14,20-23,29-32H,15-16H2,1-3H3/b11-5+/t20-,21-,22?,23?,29-,30+/m0/s1. The normalized spacial score (nSPS) is 27.8. The molecule has 2 N–H and O–H groups in total. The van der Waals surface area contributed by atoms with Gasteiger partial charge < -0.3 is 38.6 Å². The van der Waals surface area contributed by atoms with Gasteiger partial charge in [0.05, 0.1) is 46.8 Å². The van der Waals surface area contributed by atoms with Crippen molar-refractivity contribution in [2.45, 2.75) is 24.4 Å². The largest absolute Gasteiger partial charge is 0.493 e. The highest BCUT2D eigenvalue weighted by molar-refractivity contribution is 5.85. The van der Waals surface area contributed by atoms with E-state index in [1.165, 1.54) is 31.4 Å². The van der Waals surface area contributed by atoms with Crippen LogP contribution in [0.5, 0.6) is 23.0 Å². The Labute approximate surface area is 226 Å². The van der Waals surface area contributed by atoms with Gasteiger partial charge in [0, 0.05) is 17.9 Å². The Morgan fingerprint density at radius 1 is 0.821 bits per heavy atom. The summed E-state index contributed by atoms with van der Waals surface area (Å²) in [5.74, 6) is 1.73. The van der Waals surface area contributed by atoms with Gasteiger partial charge >= 0.3 is 5.97 Å². The predicted molar refractivity (Wildman–Crippen MR) is 141 cm³/mol. The lowest BCUT2D eigenvalue weighted by molar-refractivity contribution is -0.129. The fraction of sp³-hybridized carbons (Fsp3) is 0.367. The lowest BCUT2D eigenvalue weighted by atomic mass is 9.85. The maximum absolute atomic E-state index is 12.4. The number of ether oxygens (including phenoxy) is 6. The van der Waals surface area contributed by atoms with Crippen molar-refractivity contribution in [2.24, 2.45) is 11.8 Å². The monoisotopic (exact) mass is 536 g/mol. The second kappa shape index (κ2) is 11.6. The third-order valence-electron chi connectivity index (χ3n) is 7.34. The smallest absolute Gasteiger partial charge is 0.336 e. The first-order valence-corrected chi connectivity index (χ1v) is 12.7. The number of methoxy groups -OCH3 is 3. The van der Waals surface area contributed by atoms with Crippen molar-refractivity contribution in [2.75, 3.05) is 34.5 Å². The Morgan fingerprint density at radius 2 is 1.38 bits per heavy atom. The molecule has 0 bridgehead atoms. The number of rotatable bonds is 8. The van der Waals surface area contributed by atoms with E-state index in [4.69, 9.17) is 28.4 Å². The summed E-state index contributed by atoms with van der Waals surface area (Å²) in [4.78, 5) is 12.4. The molecule has 2 saturated heterocycles. The summed E-state index contributed by atoms with van der Waals surface area (Å²) in [6.45, 7) is 1.10. The van der Waals surface area contributed by atoms with Crippen LogP contribution in [0.1, 0.15) is 23.3 Å². The predicted octanol–water partition coefficient (Wildman–Crippen LogP) is 3.47. The fourth-order valence-electron chi connectivity index (χ4n) is 5.30. The van der Waals surface area contributed by atoms with E-state index in [0.29, 0.717) is 36.0 Å². The van der Waals surface area contributed by atoms with Gasteiger partial charge in [0.2, 0.25) is 0 Å². The molecule has 5 rings (SSSR count). The molecule has 0 amide bonds. The number of allylic oxidation sites excluding steroid dienone is 3. The van der Waals surface area contributed by atoms with Crippen LogP contribution >= 0.6 is 0 Å². The summed E-state index contributed by atoms with van der Waals surface area (Å²) in [6.07, 6.45) is 5.02. The Balaban J connectivity index is 1.27. The van der Waals surface area contributed by atoms with E-state index in [0.717, 1.165) is 11.1 Å². The van der Waals surface area contributed by atoms with Gasteiger partial charge in [-0.05, 0) is 53.1 Å². The number of fused-ring (bicyclic) bond motifs is 1. The molecular formula is C30H32O9. The van der Waals surface area contributed by atoms with Gasteiger partial charge in [-0.2, -0.15) is 0 Å². The third-order valence-corrected chi connectivity index (χ3v) is 7.34. The molecule has 0 aromatic heterocycles. The van der Waals surface area contributed by atoms with Crippen LogP contribution in [0, 0.1) is 11.8 Å². The zero-order valence-electron chi connectivity index (χ0n) is 22.0. The first-order chi connectivity index (χ1) is 18.9. The second-order valence-electron chi connectivity index (χ2n) is 9.62. The highest BCUT2D eigenvalue weighted by atomic mass is 16.6. The van der Waals surface area contributed by atoms with Crippen LogP contribution in [0.25, 0.3) is 0 Å². The molecule has 39 heavy (non-hydrogen) atoms. The molecule has 9 nitrogen and oxygen atoms in total. The number of hydrogen-bond acceptors (Lipinski definition) is 9. The minimum Gasteiger partial charge on any atom is -0.493 e. The average Bonchev–Trinajstić information content (AvgIpc) is 3.56. The van der Waals surface area contributed by atoms with Crippen molar-refractivity contribution in [3.63, 3.8) is 0 Å². The van der Waals surface area contributed by atoms with Crippen molar-refractivity contribution in [3.8, 4) is 23.0 Å². The van der Waals surface area contributed by atoms with Gasteiger partial charge in [0.25, 0.3) is 0 Å². The molecule has 2 fully saturated rings. The molecule has 206 valence electrons. The molecule has 0 spiro atoms. The second-order valence-corrected chi connectivity index (χ2v) is 9.62. The number of hydrogen-bond donors (Lipinski definition) is 2. The van der Waals surface area contributed by atoms with Crippen LogP contribution < -0.4 is 18.9 Å². The number of aliphatic hydroxyl groups excluding tert-OH is 2. The summed E-state index contributed by atoms with van der Waals surface area (Å²) >= 11 is 0. The zero-order chi connectivity index (χ0) is 27.5. The van der Waals surface area contributed by atoms with Gasteiger partial charge in [-0.1, -0.05) is 24.3 Å². The highest BCUT2D eigenvalue weighted by Crippen LogP contribution is 2.51. The lowest BCUT2D eigenvalue weighted by Gasteiger charge is -2.19. The number of aliphatic hydroxyl groups is 2. The van der Waals surface area contributed by atoms with Crippen molar-refractivity contribution >= 4 is 5.97 Å². The van der Waals surface area contributed by atoms with Crippen LogP contribution in [0.3, 0.4) is 0 Å². The summed E-state index contributed by atoms with van der Waals surface area (Å²) in [5.41, 5.74) is 2.52. The van der Waals surface area contributed by atoms with Crippen molar-refractivity contribution in [1.29, 1.82) is 0 Å². The summed E-state index contributed by atoms with van der Waals surface area (Å²) in [7, 11) is 4.74. The number of benzene rings is 2. The van der Waals surface area contributed by atoms with Gasteiger partial charge in [0.1, 0.15) is 12.2 Å². The maximum atomic E-state index is 12.4. The summed E-state index contributed by atoms with van der Waals surface area (Å²) in [5, 5.41) is 19.3. The summed E-state index contributed by atoms with van der Waals surface area (Å²) < 4.78 is 34.3. The van der Waals surface area contributed by atoms with Gasteiger partial charge in [-0.3, -0.25) is 0 Å². The van der Waals surface area contributed by atoms with Crippen LogP contribution in [0.2, 0.25) is 0 Å². The quantitative estimate of drug-likeness (QED) is 0.298. The molecule has 2 unspecified atom stereocenters. The Hall–Kier alpha value is -3.63. The summed E-state index contributed by atoms with van der Waals surface area (Å²) in [6, 6.07) is 11.2. The molecule has 2 aromatic rings. The topological polar surface area (TPSA) is 113 Å². The fourth-order valence-corrected chi connectivity index (χ4v) is 5.30. The molecule has 3 aliphatic rings. The molecule has 9 heteroatoms. The first-order valence-electron chi connectivity index (χ1n) is 12.7. The lowest BCUT2D eigenvalue weighted by Crippen LogP contribution is -2.23. The van der Waals surface area contributed by atoms with Crippen molar-refractivity contribution < 1.29 is 43.4 Å². The first kappa shape index (κ1) is 27.0. The molecule has 2 aromatic carbocycles. The molecule has 2 aliphatic heterocycles. The van der Waals surface area contributed by atoms with E-state index >= 15 is 0 Å². The highest BCUT2D eigenvalue weighted by Gasteiger charge is 2.48. The van der Waals surface area contributed by atoms with Crippen LogP contribution in [-0.4, -0.2) is 62.9 Å². The average molecular weight is 537 g/mol. The minimum absolute atomic E-state index is 0.118. The molecule has 6 atom stereocenters. The number of esters is 1. The molecule has 0 radical (unpaired) electrons. The Kier molecular flexibility index (Phi) is 8.04. The number of carbonyl (C=O) groups excluding carboxylic acids is 1. The Morgan fingerprint density at radius 3 is 1.95 bits per heavy atom. The molecule has 0 saturated carbocycles. The van der Waals surface area contributed by atoms with Gasteiger partial charge in [0.15, 0.2) is 23.0 Å². The Bertz CT molecular complexity index is 1300. The van der Waals surface area contributed by atoms with E-state index in [1.807, 2.05) is 30.3 Å². The van der Waals surface area contributed by atoms with Crippen LogP contribution in [-0.2, 0) is 14.3 Å². The van der Waals surface area contributed by atoms with E-state index < -0.39 is 18.2 Å². The molecule has 2 heterocycles. The molecular weight excluding hydrogens is 504 g/mol. The minimum atomic E-state index is -1.02. The van der Waals surface area contributed by atoms with Gasteiger partial charge in [-0.25, -0.2) is 4.79 Å². The van der Waals surface area contributed by atoms with Crippen molar-refractivity contribution in [3.05, 3.63) is 83.5 Å². The zero-order valence-corrected chi connectivity index (χ0v) is 22.0. The maximum Gasteiger partial charge on any atom is 0.336 e. The van der Waals surface area contributed by atoms with E-state index in [2.05, 4.69) is 0 Å². The van der Waals surface area contributed by atoms with E-state index in [1.54, 1.807) is 26.4 Å². The van der Waals surface area contributed by atoms with Crippen LogP contribution in [0.4, 0.5) is 0 Å². The van der Waals surface area contributed by atoms with E-state index in [-0.39, 0.29) is 29.8 Å². The third kappa shape index (κ3) is 5.58. The molecule has 1 aliphatic carbocycles. The van der Waals surface area contributed by atoms with Gasteiger partial charge in [-0.15, -0.1) is 0 Å². The SMILES string of the molecule is COc1ccc([C@@H]2OC[C@H]3[C@@H]2CO[C@@H]3c2ccc(OC(=O)/C=C/C3=CC(O)C(O)C=C3)c(OC)c2)cc1OC. The number of carbonyl (C=O) groups is 1.